The predicted octanol–water partition coefficient (Wildman–Crippen LogP) is 3.51. The number of hydrogen-bond donors (Lipinski definition) is 2. The van der Waals surface area contributed by atoms with Crippen molar-refractivity contribution in [3.05, 3.63) is 24.3 Å². The smallest absolute Gasteiger partial charge is 0.242 e. The van der Waals surface area contributed by atoms with Crippen LogP contribution >= 0.6 is 11.8 Å². The maximum atomic E-state index is 12.1. The van der Waals surface area contributed by atoms with E-state index in [9.17, 15) is 4.79 Å². The predicted molar refractivity (Wildman–Crippen MR) is 83.8 cm³/mol. The second-order valence-electron chi connectivity index (χ2n) is 5.32. The van der Waals surface area contributed by atoms with Crippen LogP contribution in [-0.2, 0) is 4.79 Å². The largest absolute Gasteiger partial charge is 0.374 e. The maximum Gasteiger partial charge on any atom is 0.242 e. The second-order valence-corrected chi connectivity index (χ2v) is 6.20. The van der Waals surface area contributed by atoms with Crippen molar-refractivity contribution >= 4 is 23.4 Å². The molecule has 0 radical (unpaired) electrons. The Hall–Kier alpha value is -1.16. The van der Waals surface area contributed by atoms with Gasteiger partial charge in [0.25, 0.3) is 0 Å². The van der Waals surface area contributed by atoms with Gasteiger partial charge in [0.1, 0.15) is 6.04 Å². The number of thioether (sulfide) groups is 1. The number of hydrogen-bond acceptors (Lipinski definition) is 3. The molecule has 1 rings (SSSR count). The van der Waals surface area contributed by atoms with Crippen molar-refractivity contribution in [3.8, 4) is 0 Å². The summed E-state index contributed by atoms with van der Waals surface area (Å²) in [7, 11) is 0. The number of anilines is 1. The van der Waals surface area contributed by atoms with Crippen molar-refractivity contribution in [1.29, 1.82) is 0 Å². The van der Waals surface area contributed by atoms with Gasteiger partial charge in [0, 0.05) is 16.1 Å². The third kappa shape index (κ3) is 5.15. The lowest BCUT2D eigenvalue weighted by atomic mass is 10.0. The van der Waals surface area contributed by atoms with Gasteiger partial charge < -0.3 is 10.6 Å². The van der Waals surface area contributed by atoms with E-state index in [1.807, 2.05) is 39.2 Å². The van der Waals surface area contributed by atoms with Crippen molar-refractivity contribution < 1.29 is 4.79 Å². The van der Waals surface area contributed by atoms with Gasteiger partial charge in [0.15, 0.2) is 0 Å². The average Bonchev–Trinajstić information content (AvgIpc) is 2.38. The lowest BCUT2D eigenvalue weighted by Crippen LogP contribution is -2.48. The quantitative estimate of drug-likeness (QED) is 0.783. The first kappa shape index (κ1) is 15.9. The van der Waals surface area contributed by atoms with Crippen molar-refractivity contribution in [2.24, 2.45) is 0 Å². The summed E-state index contributed by atoms with van der Waals surface area (Å²) in [6, 6.07) is 7.84. The number of carbonyl (C=O) groups is 1. The first-order valence-electron chi connectivity index (χ1n) is 6.60. The molecule has 1 amide bonds. The molecular formula is C15H24N2OS. The molecule has 4 heteroatoms. The fourth-order valence-electron chi connectivity index (χ4n) is 1.56. The molecule has 106 valence electrons. The van der Waals surface area contributed by atoms with Gasteiger partial charge in [-0.05, 0) is 51.6 Å². The molecule has 0 aliphatic heterocycles. The summed E-state index contributed by atoms with van der Waals surface area (Å²) in [4.78, 5) is 13.3. The van der Waals surface area contributed by atoms with Gasteiger partial charge in [-0.25, -0.2) is 0 Å². The van der Waals surface area contributed by atoms with E-state index >= 15 is 0 Å². The SMILES string of the molecule is CCC(C)(C)NC(=O)C(C)Nc1cccc(SC)c1. The van der Waals surface area contributed by atoms with Crippen LogP contribution in [0.25, 0.3) is 0 Å². The van der Waals surface area contributed by atoms with Gasteiger partial charge in [-0.15, -0.1) is 11.8 Å². The minimum absolute atomic E-state index is 0.0291. The Labute approximate surface area is 120 Å². The zero-order valence-corrected chi connectivity index (χ0v) is 13.2. The third-order valence-electron chi connectivity index (χ3n) is 3.19. The van der Waals surface area contributed by atoms with E-state index in [0.717, 1.165) is 12.1 Å². The minimum Gasteiger partial charge on any atom is -0.374 e. The van der Waals surface area contributed by atoms with Crippen LogP contribution in [0.1, 0.15) is 34.1 Å². The summed E-state index contributed by atoms with van der Waals surface area (Å²) in [5.74, 6) is 0.0291. The van der Waals surface area contributed by atoms with Gasteiger partial charge in [0.2, 0.25) is 5.91 Å². The van der Waals surface area contributed by atoms with Crippen molar-refractivity contribution in [2.45, 2.75) is 50.6 Å². The minimum atomic E-state index is -0.247. The van der Waals surface area contributed by atoms with Crippen LogP contribution in [-0.4, -0.2) is 23.7 Å². The normalized spacial score (nSPS) is 12.9. The van der Waals surface area contributed by atoms with Crippen molar-refractivity contribution in [2.75, 3.05) is 11.6 Å². The third-order valence-corrected chi connectivity index (χ3v) is 3.92. The topological polar surface area (TPSA) is 41.1 Å². The zero-order chi connectivity index (χ0) is 14.5. The Balaban J connectivity index is 2.63. The molecule has 0 fully saturated rings. The van der Waals surface area contributed by atoms with Crippen LogP contribution in [0.2, 0.25) is 0 Å². The summed E-state index contributed by atoms with van der Waals surface area (Å²) in [5.41, 5.74) is 0.817. The average molecular weight is 280 g/mol. The summed E-state index contributed by atoms with van der Waals surface area (Å²) >= 11 is 1.69. The van der Waals surface area contributed by atoms with Gasteiger partial charge >= 0.3 is 0 Å². The van der Waals surface area contributed by atoms with Gasteiger partial charge in [-0.2, -0.15) is 0 Å². The molecule has 0 bridgehead atoms. The monoisotopic (exact) mass is 280 g/mol. The Kier molecular flexibility index (Phi) is 5.73. The molecule has 0 saturated carbocycles. The number of amides is 1. The van der Waals surface area contributed by atoms with Gasteiger partial charge in [0.05, 0.1) is 0 Å². The molecule has 1 aromatic carbocycles. The van der Waals surface area contributed by atoms with Gasteiger partial charge in [-0.3, -0.25) is 4.79 Å². The highest BCUT2D eigenvalue weighted by molar-refractivity contribution is 7.98. The highest BCUT2D eigenvalue weighted by atomic mass is 32.2. The molecule has 0 aliphatic rings. The van der Waals surface area contributed by atoms with E-state index in [1.165, 1.54) is 4.90 Å². The van der Waals surface area contributed by atoms with E-state index in [-0.39, 0.29) is 17.5 Å². The Morgan fingerprint density at radius 2 is 2.11 bits per heavy atom. The molecule has 1 unspecified atom stereocenters. The zero-order valence-electron chi connectivity index (χ0n) is 12.4. The lowest BCUT2D eigenvalue weighted by molar-refractivity contribution is -0.123. The van der Waals surface area contributed by atoms with Crippen LogP contribution in [0.3, 0.4) is 0 Å². The van der Waals surface area contributed by atoms with E-state index in [2.05, 4.69) is 29.7 Å². The molecule has 0 heterocycles. The molecule has 3 nitrogen and oxygen atoms in total. The van der Waals surface area contributed by atoms with Crippen molar-refractivity contribution in [3.63, 3.8) is 0 Å². The van der Waals surface area contributed by atoms with E-state index in [4.69, 9.17) is 0 Å². The summed E-state index contributed by atoms with van der Waals surface area (Å²) < 4.78 is 0. The van der Waals surface area contributed by atoms with Gasteiger partial charge in [-0.1, -0.05) is 13.0 Å². The maximum absolute atomic E-state index is 12.1. The summed E-state index contributed by atoms with van der Waals surface area (Å²) in [6.07, 6.45) is 2.95. The van der Waals surface area contributed by atoms with Crippen molar-refractivity contribution in [1.82, 2.24) is 5.32 Å². The highest BCUT2D eigenvalue weighted by Gasteiger charge is 2.21. The fourth-order valence-corrected chi connectivity index (χ4v) is 2.02. The molecule has 0 saturated heterocycles. The van der Waals surface area contributed by atoms with Crippen LogP contribution in [0.15, 0.2) is 29.2 Å². The summed E-state index contributed by atoms with van der Waals surface area (Å²) in [5, 5.41) is 6.29. The molecule has 2 N–H and O–H groups in total. The van der Waals surface area contributed by atoms with Crippen LogP contribution in [0.5, 0.6) is 0 Å². The first-order chi connectivity index (χ1) is 8.88. The Morgan fingerprint density at radius 3 is 2.68 bits per heavy atom. The highest BCUT2D eigenvalue weighted by Crippen LogP contribution is 2.19. The fraction of sp³-hybridized carbons (Fsp3) is 0.533. The molecule has 0 aliphatic carbocycles. The first-order valence-corrected chi connectivity index (χ1v) is 7.83. The number of benzene rings is 1. The number of carbonyl (C=O) groups excluding carboxylic acids is 1. The molecule has 0 aromatic heterocycles. The summed E-state index contributed by atoms with van der Waals surface area (Å²) in [6.45, 7) is 8.02. The number of rotatable bonds is 6. The standard InChI is InChI=1S/C15H24N2OS/c1-6-15(3,4)17-14(18)11(2)16-12-8-7-9-13(10-12)19-5/h7-11,16H,6H2,1-5H3,(H,17,18). The van der Waals surface area contributed by atoms with E-state index < -0.39 is 0 Å². The van der Waals surface area contributed by atoms with E-state index in [0.29, 0.717) is 0 Å². The van der Waals surface area contributed by atoms with Crippen LogP contribution < -0.4 is 10.6 Å². The number of nitrogens with one attached hydrogen (secondary N) is 2. The Morgan fingerprint density at radius 1 is 1.42 bits per heavy atom. The van der Waals surface area contributed by atoms with Crippen LogP contribution in [0.4, 0.5) is 5.69 Å². The molecular weight excluding hydrogens is 256 g/mol. The van der Waals surface area contributed by atoms with E-state index in [1.54, 1.807) is 11.8 Å². The molecule has 1 aromatic rings. The molecule has 19 heavy (non-hydrogen) atoms. The molecule has 0 spiro atoms. The second kappa shape index (κ2) is 6.85. The van der Waals surface area contributed by atoms with Crippen LogP contribution in [0, 0.1) is 0 Å². The Bertz CT molecular complexity index is 432. The lowest BCUT2D eigenvalue weighted by Gasteiger charge is -2.27. The molecule has 1 atom stereocenters.